The van der Waals surface area contributed by atoms with E-state index in [1.807, 2.05) is 24.3 Å². The quantitative estimate of drug-likeness (QED) is 0.693. The van der Waals surface area contributed by atoms with Crippen LogP contribution in [-0.2, 0) is 4.74 Å². The van der Waals surface area contributed by atoms with Crippen molar-refractivity contribution in [3.8, 4) is 23.0 Å². The molecule has 1 aliphatic rings. The molecular weight excluding hydrogens is 360 g/mol. The van der Waals surface area contributed by atoms with E-state index in [1.165, 1.54) is 0 Å². The van der Waals surface area contributed by atoms with Crippen LogP contribution in [0.5, 0.6) is 23.0 Å². The summed E-state index contributed by atoms with van der Waals surface area (Å²) in [5.41, 5.74) is 0.487. The summed E-state index contributed by atoms with van der Waals surface area (Å²) in [7, 11) is 0. The Bertz CT molecular complexity index is 746. The van der Waals surface area contributed by atoms with Gasteiger partial charge in [0.15, 0.2) is 29.3 Å². The Morgan fingerprint density at radius 3 is 1.93 bits per heavy atom. The fourth-order valence-electron chi connectivity index (χ4n) is 2.84. The molecule has 6 heteroatoms. The molecule has 2 aromatic rings. The molecule has 0 atom stereocenters. The Labute approximate surface area is 165 Å². The topological polar surface area (TPSA) is 63.2 Å². The molecule has 0 amide bonds. The molecule has 0 fully saturated rings. The number of hydrogen-bond acceptors (Lipinski definition) is 6. The first-order chi connectivity index (χ1) is 13.9. The highest BCUT2D eigenvalue weighted by atomic mass is 16.6. The van der Waals surface area contributed by atoms with Gasteiger partial charge in [-0.3, -0.25) is 4.79 Å². The van der Waals surface area contributed by atoms with Crippen molar-refractivity contribution in [2.45, 2.75) is 19.3 Å². The number of aldehydes is 1. The van der Waals surface area contributed by atoms with Gasteiger partial charge < -0.3 is 23.7 Å². The highest BCUT2D eigenvalue weighted by molar-refractivity contribution is 5.81. The third-order valence-electron chi connectivity index (χ3n) is 4.25. The van der Waals surface area contributed by atoms with Crippen LogP contribution < -0.4 is 18.9 Å². The number of para-hydroxylation sites is 3. The van der Waals surface area contributed by atoms with E-state index in [4.69, 9.17) is 23.7 Å². The molecule has 0 radical (unpaired) electrons. The zero-order valence-electron chi connectivity index (χ0n) is 15.9. The van der Waals surface area contributed by atoms with Gasteiger partial charge in [0, 0.05) is 0 Å². The largest absolute Gasteiger partial charge is 0.490 e. The number of rotatable bonds is 1. The molecule has 3 rings (SSSR count). The lowest BCUT2D eigenvalue weighted by Crippen LogP contribution is -2.13. The molecule has 0 aliphatic carbocycles. The average Bonchev–Trinajstić information content (AvgIpc) is 2.73. The predicted octanol–water partition coefficient (Wildman–Crippen LogP) is 3.92. The van der Waals surface area contributed by atoms with Gasteiger partial charge in [-0.15, -0.1) is 0 Å². The molecule has 1 heterocycles. The second-order valence-corrected chi connectivity index (χ2v) is 6.31. The minimum Gasteiger partial charge on any atom is -0.490 e. The van der Waals surface area contributed by atoms with Crippen LogP contribution in [0.4, 0.5) is 0 Å². The predicted molar refractivity (Wildman–Crippen MR) is 105 cm³/mol. The molecule has 0 spiro atoms. The van der Waals surface area contributed by atoms with Crippen LogP contribution in [0.3, 0.4) is 0 Å². The van der Waals surface area contributed by atoms with Gasteiger partial charge >= 0.3 is 0 Å². The number of ether oxygens (including phenoxy) is 5. The number of benzene rings is 2. The van der Waals surface area contributed by atoms with E-state index in [2.05, 4.69) is 0 Å². The van der Waals surface area contributed by atoms with Crippen molar-refractivity contribution in [1.29, 1.82) is 0 Å². The maximum atomic E-state index is 11.3. The first kappa shape index (κ1) is 20.0. The van der Waals surface area contributed by atoms with Crippen molar-refractivity contribution in [2.24, 2.45) is 0 Å². The summed E-state index contributed by atoms with van der Waals surface area (Å²) in [6, 6.07) is 13.0. The molecule has 150 valence electrons. The molecule has 0 saturated heterocycles. The van der Waals surface area contributed by atoms with Crippen LogP contribution in [0.2, 0.25) is 0 Å². The lowest BCUT2D eigenvalue weighted by Gasteiger charge is -2.16. The summed E-state index contributed by atoms with van der Waals surface area (Å²) < 4.78 is 28.8. The third-order valence-corrected chi connectivity index (χ3v) is 4.25. The SMILES string of the molecule is O=Cc1cccc2c1OCCCCCOc1ccccc1OCCOCCO2. The van der Waals surface area contributed by atoms with Crippen molar-refractivity contribution in [1.82, 2.24) is 0 Å². The Morgan fingerprint density at radius 2 is 1.21 bits per heavy atom. The summed E-state index contributed by atoms with van der Waals surface area (Å²) in [6.45, 7) is 2.75. The molecular formula is C22H26O6. The van der Waals surface area contributed by atoms with Crippen LogP contribution in [0.25, 0.3) is 0 Å². The second kappa shape index (κ2) is 11.2. The number of fused-ring (bicyclic) bond motifs is 2. The zero-order chi connectivity index (χ0) is 19.4. The number of carbonyl (C=O) groups excluding carboxylic acids is 1. The fourth-order valence-corrected chi connectivity index (χ4v) is 2.84. The summed E-state index contributed by atoms with van der Waals surface area (Å²) >= 11 is 0. The lowest BCUT2D eigenvalue weighted by atomic mass is 10.2. The summed E-state index contributed by atoms with van der Waals surface area (Å²) in [6.07, 6.45) is 3.50. The summed E-state index contributed by atoms with van der Waals surface area (Å²) in [5, 5.41) is 0. The van der Waals surface area contributed by atoms with Crippen molar-refractivity contribution < 1.29 is 28.5 Å². The molecule has 0 saturated carbocycles. The van der Waals surface area contributed by atoms with Gasteiger partial charge in [-0.2, -0.15) is 0 Å². The van der Waals surface area contributed by atoms with Gasteiger partial charge in [0.05, 0.1) is 32.0 Å². The maximum absolute atomic E-state index is 11.3. The first-order valence-electron chi connectivity index (χ1n) is 9.64. The van der Waals surface area contributed by atoms with E-state index in [0.29, 0.717) is 56.7 Å². The standard InChI is InChI=1S/C22H26O6/c23-17-18-7-6-10-21-22(18)28-12-5-1-4-11-25-19-8-2-3-9-20(19)26-15-13-24-14-16-27-21/h2-3,6-10,17H,1,4-5,11-16H2. The van der Waals surface area contributed by atoms with Gasteiger partial charge in [-0.05, 0) is 43.5 Å². The van der Waals surface area contributed by atoms with Crippen LogP contribution in [0.15, 0.2) is 42.5 Å². The second-order valence-electron chi connectivity index (χ2n) is 6.31. The molecule has 0 N–H and O–H groups in total. The minimum atomic E-state index is 0.359. The van der Waals surface area contributed by atoms with Gasteiger partial charge in [0.25, 0.3) is 0 Å². The maximum Gasteiger partial charge on any atom is 0.171 e. The van der Waals surface area contributed by atoms with Crippen LogP contribution in [0.1, 0.15) is 29.6 Å². The van der Waals surface area contributed by atoms with E-state index in [9.17, 15) is 4.79 Å². The lowest BCUT2D eigenvalue weighted by molar-refractivity contribution is 0.0743. The highest BCUT2D eigenvalue weighted by Crippen LogP contribution is 2.31. The van der Waals surface area contributed by atoms with E-state index in [0.717, 1.165) is 37.0 Å². The van der Waals surface area contributed by atoms with Gasteiger partial charge in [-0.1, -0.05) is 18.2 Å². The molecule has 1 aliphatic heterocycles. The number of carbonyl (C=O) groups is 1. The van der Waals surface area contributed by atoms with Gasteiger partial charge in [0.1, 0.15) is 13.2 Å². The van der Waals surface area contributed by atoms with E-state index in [1.54, 1.807) is 18.2 Å². The van der Waals surface area contributed by atoms with E-state index in [-0.39, 0.29) is 0 Å². The highest BCUT2D eigenvalue weighted by Gasteiger charge is 2.11. The fraction of sp³-hybridized carbons (Fsp3) is 0.409. The Hall–Kier alpha value is -2.73. The Kier molecular flexibility index (Phi) is 8.00. The first-order valence-corrected chi connectivity index (χ1v) is 9.64. The molecule has 28 heavy (non-hydrogen) atoms. The Balaban J connectivity index is 1.61. The van der Waals surface area contributed by atoms with Crippen LogP contribution >= 0.6 is 0 Å². The summed E-state index contributed by atoms with van der Waals surface area (Å²) in [4.78, 5) is 11.3. The minimum absolute atomic E-state index is 0.359. The molecule has 0 aromatic heterocycles. The van der Waals surface area contributed by atoms with Crippen LogP contribution in [0, 0.1) is 0 Å². The smallest absolute Gasteiger partial charge is 0.171 e. The zero-order valence-corrected chi connectivity index (χ0v) is 15.9. The van der Waals surface area contributed by atoms with Crippen molar-refractivity contribution in [3.63, 3.8) is 0 Å². The van der Waals surface area contributed by atoms with Gasteiger partial charge in [-0.25, -0.2) is 0 Å². The Morgan fingerprint density at radius 1 is 0.607 bits per heavy atom. The molecule has 0 bridgehead atoms. The van der Waals surface area contributed by atoms with Crippen molar-refractivity contribution in [3.05, 3.63) is 48.0 Å². The van der Waals surface area contributed by atoms with Crippen molar-refractivity contribution in [2.75, 3.05) is 39.6 Å². The number of hydrogen-bond donors (Lipinski definition) is 0. The monoisotopic (exact) mass is 386 g/mol. The van der Waals surface area contributed by atoms with E-state index < -0.39 is 0 Å². The summed E-state index contributed by atoms with van der Waals surface area (Å²) in [5.74, 6) is 2.52. The average molecular weight is 386 g/mol. The normalized spacial score (nSPS) is 16.4. The van der Waals surface area contributed by atoms with Crippen LogP contribution in [-0.4, -0.2) is 45.9 Å². The molecule has 0 unspecified atom stereocenters. The van der Waals surface area contributed by atoms with E-state index >= 15 is 0 Å². The van der Waals surface area contributed by atoms with Gasteiger partial charge in [0.2, 0.25) is 0 Å². The van der Waals surface area contributed by atoms with Crippen molar-refractivity contribution >= 4 is 6.29 Å². The third kappa shape index (κ3) is 5.89. The molecule has 2 aromatic carbocycles. The molecule has 6 nitrogen and oxygen atoms in total.